The molecule has 5 nitrogen and oxygen atoms in total. The van der Waals surface area contributed by atoms with Crippen LogP contribution in [-0.2, 0) is 6.42 Å². The Bertz CT molecular complexity index is 775. The number of aryl methyl sites for hydroxylation is 1. The quantitative estimate of drug-likeness (QED) is 0.524. The van der Waals surface area contributed by atoms with Gasteiger partial charge in [-0.05, 0) is 37.7 Å². The molecule has 0 unspecified atom stereocenters. The van der Waals surface area contributed by atoms with E-state index in [2.05, 4.69) is 20.1 Å². The highest BCUT2D eigenvalue weighted by molar-refractivity contribution is 7.98. The molecule has 8 heteroatoms. The van der Waals surface area contributed by atoms with Crippen LogP contribution in [0.2, 0.25) is 10.0 Å². The lowest BCUT2D eigenvalue weighted by Crippen LogP contribution is -2.25. The Hall–Kier alpha value is -1.24. The Morgan fingerprint density at radius 3 is 2.81 bits per heavy atom. The lowest BCUT2D eigenvalue weighted by Gasteiger charge is -2.16. The maximum atomic E-state index is 12.3. The van der Waals surface area contributed by atoms with Crippen molar-refractivity contribution in [2.75, 3.05) is 12.8 Å². The van der Waals surface area contributed by atoms with Crippen molar-refractivity contribution in [3.8, 4) is 0 Å². The molecule has 1 N–H and O–H groups in total. The fraction of sp³-hybridized carbons (Fsp3) is 0.500. The Labute approximate surface area is 167 Å². The summed E-state index contributed by atoms with van der Waals surface area (Å²) in [6.07, 6.45) is 8.55. The number of halogens is 2. The first kappa shape index (κ1) is 19.5. The second kappa shape index (κ2) is 9.11. The van der Waals surface area contributed by atoms with Crippen LogP contribution in [0.3, 0.4) is 0 Å². The molecule has 1 aliphatic rings. The molecule has 1 aromatic carbocycles. The van der Waals surface area contributed by atoms with E-state index in [9.17, 15) is 4.79 Å². The van der Waals surface area contributed by atoms with E-state index in [1.807, 2.05) is 6.26 Å². The number of carbonyl (C=O) groups excluding carboxylic acids is 1. The third-order valence-corrected chi connectivity index (χ3v) is 6.13. The van der Waals surface area contributed by atoms with Gasteiger partial charge in [-0.15, -0.1) is 10.2 Å². The van der Waals surface area contributed by atoms with Crippen LogP contribution in [0.15, 0.2) is 23.4 Å². The SMILES string of the molecule is CSc1nnc(CCCNC(=O)c2cccc(Cl)c2Cl)n1C1CCCC1. The Balaban J connectivity index is 1.56. The zero-order valence-corrected chi connectivity index (χ0v) is 17.0. The molecule has 0 atom stereocenters. The van der Waals surface area contributed by atoms with E-state index in [0.29, 0.717) is 23.2 Å². The molecule has 0 saturated heterocycles. The van der Waals surface area contributed by atoms with Gasteiger partial charge in [0.25, 0.3) is 5.91 Å². The van der Waals surface area contributed by atoms with Crippen LogP contribution in [0.5, 0.6) is 0 Å². The normalized spacial score (nSPS) is 14.7. The molecule has 0 spiro atoms. The highest BCUT2D eigenvalue weighted by Crippen LogP contribution is 2.33. The fourth-order valence-corrected chi connectivity index (χ4v) is 4.33. The molecule has 1 fully saturated rings. The number of rotatable bonds is 7. The van der Waals surface area contributed by atoms with Gasteiger partial charge in [0.05, 0.1) is 15.6 Å². The van der Waals surface area contributed by atoms with E-state index in [4.69, 9.17) is 23.2 Å². The van der Waals surface area contributed by atoms with Gasteiger partial charge in [0.2, 0.25) is 0 Å². The largest absolute Gasteiger partial charge is 0.352 e. The minimum Gasteiger partial charge on any atom is -0.352 e. The molecule has 1 saturated carbocycles. The minimum absolute atomic E-state index is 0.209. The number of amides is 1. The summed E-state index contributed by atoms with van der Waals surface area (Å²) in [5.41, 5.74) is 0.401. The van der Waals surface area contributed by atoms with Crippen molar-refractivity contribution >= 4 is 40.9 Å². The number of thioether (sulfide) groups is 1. The second-order valence-corrected chi connectivity index (χ2v) is 7.93. The first-order chi connectivity index (χ1) is 12.6. The van der Waals surface area contributed by atoms with Gasteiger partial charge in [-0.25, -0.2) is 0 Å². The number of hydrogen-bond donors (Lipinski definition) is 1. The van der Waals surface area contributed by atoms with Crippen molar-refractivity contribution in [1.29, 1.82) is 0 Å². The first-order valence-corrected chi connectivity index (χ1v) is 10.8. The molecular weight excluding hydrogens is 391 g/mol. The van der Waals surface area contributed by atoms with Crippen LogP contribution in [0.4, 0.5) is 0 Å². The zero-order chi connectivity index (χ0) is 18.5. The average Bonchev–Trinajstić information content (AvgIpc) is 3.29. The smallest absolute Gasteiger partial charge is 0.252 e. The van der Waals surface area contributed by atoms with Crippen LogP contribution in [-0.4, -0.2) is 33.5 Å². The lowest BCUT2D eigenvalue weighted by atomic mass is 10.2. The summed E-state index contributed by atoms with van der Waals surface area (Å²) >= 11 is 13.7. The molecule has 1 aliphatic carbocycles. The Kier molecular flexibility index (Phi) is 6.84. The van der Waals surface area contributed by atoms with Crippen molar-refractivity contribution in [1.82, 2.24) is 20.1 Å². The Morgan fingerprint density at radius 2 is 2.08 bits per heavy atom. The van der Waals surface area contributed by atoms with Crippen molar-refractivity contribution in [2.45, 2.75) is 49.7 Å². The standard InChI is InChI=1S/C18H22Cl2N4OS/c1-26-18-23-22-15(24(18)12-6-2-3-7-12)10-5-11-21-17(25)13-8-4-9-14(19)16(13)20/h4,8-9,12H,2-3,5-7,10-11H2,1H3,(H,21,25). The fourth-order valence-electron chi connectivity index (χ4n) is 3.37. The summed E-state index contributed by atoms with van der Waals surface area (Å²) in [5, 5.41) is 13.3. The monoisotopic (exact) mass is 412 g/mol. The lowest BCUT2D eigenvalue weighted by molar-refractivity contribution is 0.0953. The minimum atomic E-state index is -0.209. The van der Waals surface area contributed by atoms with Gasteiger partial charge in [-0.2, -0.15) is 0 Å². The second-order valence-electron chi connectivity index (χ2n) is 6.37. The van der Waals surface area contributed by atoms with Crippen molar-refractivity contribution in [3.05, 3.63) is 39.6 Å². The number of carbonyl (C=O) groups is 1. The highest BCUT2D eigenvalue weighted by Gasteiger charge is 2.23. The molecule has 2 aromatic rings. The van der Waals surface area contributed by atoms with Crippen molar-refractivity contribution in [2.24, 2.45) is 0 Å². The van der Waals surface area contributed by atoms with E-state index in [1.54, 1.807) is 30.0 Å². The van der Waals surface area contributed by atoms with Gasteiger partial charge in [-0.1, -0.05) is 53.9 Å². The molecule has 0 radical (unpaired) electrons. The molecule has 26 heavy (non-hydrogen) atoms. The number of nitrogens with zero attached hydrogens (tertiary/aromatic N) is 3. The number of benzene rings is 1. The molecule has 3 rings (SSSR count). The van der Waals surface area contributed by atoms with E-state index >= 15 is 0 Å². The number of aromatic nitrogens is 3. The van der Waals surface area contributed by atoms with Crippen LogP contribution < -0.4 is 5.32 Å². The van der Waals surface area contributed by atoms with Gasteiger partial charge in [0, 0.05) is 19.0 Å². The summed E-state index contributed by atoms with van der Waals surface area (Å²) in [6, 6.07) is 5.57. The van der Waals surface area contributed by atoms with Crippen molar-refractivity contribution < 1.29 is 4.79 Å². The van der Waals surface area contributed by atoms with Gasteiger partial charge in [0.1, 0.15) is 5.82 Å². The van der Waals surface area contributed by atoms with E-state index in [0.717, 1.165) is 23.8 Å². The maximum absolute atomic E-state index is 12.3. The summed E-state index contributed by atoms with van der Waals surface area (Å²) < 4.78 is 2.30. The summed E-state index contributed by atoms with van der Waals surface area (Å²) in [7, 11) is 0. The van der Waals surface area contributed by atoms with Gasteiger partial charge >= 0.3 is 0 Å². The van der Waals surface area contributed by atoms with Gasteiger partial charge < -0.3 is 9.88 Å². The zero-order valence-electron chi connectivity index (χ0n) is 14.7. The third kappa shape index (κ3) is 4.35. The summed E-state index contributed by atoms with van der Waals surface area (Å²) in [6.45, 7) is 0.549. The molecule has 1 heterocycles. The van der Waals surface area contributed by atoms with Gasteiger partial charge in [0.15, 0.2) is 5.16 Å². The summed E-state index contributed by atoms with van der Waals surface area (Å²) in [4.78, 5) is 12.3. The average molecular weight is 413 g/mol. The molecule has 140 valence electrons. The molecule has 1 aromatic heterocycles. The van der Waals surface area contributed by atoms with Crippen LogP contribution >= 0.6 is 35.0 Å². The predicted molar refractivity (Wildman–Crippen MR) is 106 cm³/mol. The topological polar surface area (TPSA) is 59.8 Å². The highest BCUT2D eigenvalue weighted by atomic mass is 35.5. The van der Waals surface area contributed by atoms with E-state index in [-0.39, 0.29) is 10.9 Å². The molecule has 0 aliphatic heterocycles. The predicted octanol–water partition coefficient (Wildman–Crippen LogP) is 4.78. The summed E-state index contributed by atoms with van der Waals surface area (Å²) in [5.74, 6) is 0.802. The van der Waals surface area contributed by atoms with E-state index in [1.165, 1.54) is 25.7 Å². The third-order valence-electron chi connectivity index (χ3n) is 4.67. The molecule has 1 amide bonds. The first-order valence-electron chi connectivity index (χ1n) is 8.81. The Morgan fingerprint density at radius 1 is 1.31 bits per heavy atom. The van der Waals surface area contributed by atoms with Crippen LogP contribution in [0.1, 0.15) is 54.3 Å². The van der Waals surface area contributed by atoms with Gasteiger partial charge in [-0.3, -0.25) is 4.79 Å². The maximum Gasteiger partial charge on any atom is 0.252 e. The molecular formula is C18H22Cl2N4OS. The number of hydrogen-bond acceptors (Lipinski definition) is 4. The van der Waals surface area contributed by atoms with Crippen molar-refractivity contribution in [3.63, 3.8) is 0 Å². The van der Waals surface area contributed by atoms with E-state index < -0.39 is 0 Å². The molecule has 0 bridgehead atoms. The number of nitrogens with one attached hydrogen (secondary N) is 1. The van der Waals surface area contributed by atoms with Crippen LogP contribution in [0, 0.1) is 0 Å². The van der Waals surface area contributed by atoms with Crippen LogP contribution in [0.25, 0.3) is 0 Å².